The predicted octanol–water partition coefficient (Wildman–Crippen LogP) is 3.26. The lowest BCUT2D eigenvalue weighted by molar-refractivity contribution is 0.526. The minimum atomic E-state index is 0.307. The Morgan fingerprint density at radius 3 is 2.53 bits per heavy atom. The van der Waals surface area contributed by atoms with E-state index in [1.807, 2.05) is 24.3 Å². The van der Waals surface area contributed by atoms with Crippen LogP contribution in [0, 0.1) is 0 Å². The summed E-state index contributed by atoms with van der Waals surface area (Å²) in [5.41, 5.74) is 6.89. The molecule has 1 heterocycles. The number of nitrogens with zero attached hydrogens (tertiary/aromatic N) is 3. The number of hydrogen-bond acceptors (Lipinski definition) is 4. The van der Waals surface area contributed by atoms with Gasteiger partial charge in [-0.25, -0.2) is 0 Å². The molecule has 4 nitrogen and oxygen atoms in total. The summed E-state index contributed by atoms with van der Waals surface area (Å²) in [6, 6.07) is 8.15. The van der Waals surface area contributed by atoms with Crippen LogP contribution in [0.15, 0.2) is 29.4 Å². The average Bonchev–Trinajstić information content (AvgIpc) is 2.81. The molecule has 2 rings (SSSR count). The predicted molar refractivity (Wildman–Crippen MR) is 79.3 cm³/mol. The molecule has 0 radical (unpaired) electrons. The number of halogens is 1. The Kier molecular flexibility index (Phi) is 4.85. The highest BCUT2D eigenvalue weighted by atomic mass is 35.5. The van der Waals surface area contributed by atoms with E-state index < -0.39 is 0 Å². The molecule has 2 aromatic rings. The van der Waals surface area contributed by atoms with E-state index in [9.17, 15) is 0 Å². The molecule has 2 N–H and O–H groups in total. The second-order valence-corrected chi connectivity index (χ2v) is 5.86. The fourth-order valence-corrected chi connectivity index (χ4v) is 2.96. The largest absolute Gasteiger partial charge is 0.324 e. The van der Waals surface area contributed by atoms with Crippen molar-refractivity contribution >= 4 is 23.4 Å². The first-order chi connectivity index (χ1) is 9.11. The van der Waals surface area contributed by atoms with Crippen molar-refractivity contribution in [3.8, 4) is 0 Å². The summed E-state index contributed by atoms with van der Waals surface area (Å²) >= 11 is 7.53. The second-order valence-electron chi connectivity index (χ2n) is 4.48. The quantitative estimate of drug-likeness (QED) is 0.861. The highest BCUT2D eigenvalue weighted by Gasteiger charge is 2.13. The molecule has 0 amide bonds. The molecule has 0 saturated carbocycles. The number of benzene rings is 1. The summed E-state index contributed by atoms with van der Waals surface area (Å²) in [5.74, 6) is 1.67. The second kappa shape index (κ2) is 6.41. The van der Waals surface area contributed by atoms with E-state index in [1.54, 1.807) is 11.8 Å². The lowest BCUT2D eigenvalue weighted by Crippen LogP contribution is -2.11. The van der Waals surface area contributed by atoms with Crippen LogP contribution in [0.1, 0.15) is 31.3 Å². The van der Waals surface area contributed by atoms with Crippen LogP contribution in [0.5, 0.6) is 0 Å². The van der Waals surface area contributed by atoms with Crippen molar-refractivity contribution < 1.29 is 0 Å². The summed E-state index contributed by atoms with van der Waals surface area (Å²) in [4.78, 5) is 0. The van der Waals surface area contributed by atoms with Gasteiger partial charge in [0.2, 0.25) is 0 Å². The van der Waals surface area contributed by atoms with Crippen LogP contribution in [0.3, 0.4) is 0 Å². The van der Waals surface area contributed by atoms with Gasteiger partial charge < -0.3 is 10.3 Å². The van der Waals surface area contributed by atoms with Gasteiger partial charge in [-0.3, -0.25) is 0 Å². The van der Waals surface area contributed by atoms with Gasteiger partial charge in [-0.15, -0.1) is 10.2 Å². The summed E-state index contributed by atoms with van der Waals surface area (Å²) in [6.45, 7) is 4.62. The smallest absolute Gasteiger partial charge is 0.191 e. The number of rotatable bonds is 5. The first-order valence-corrected chi connectivity index (χ1v) is 7.49. The van der Waals surface area contributed by atoms with Crippen LogP contribution in [-0.2, 0) is 12.3 Å². The molecule has 0 atom stereocenters. The lowest BCUT2D eigenvalue weighted by atomic mass is 10.2. The normalized spacial score (nSPS) is 11.2. The molecule has 0 aliphatic carbocycles. The van der Waals surface area contributed by atoms with Gasteiger partial charge in [0.15, 0.2) is 5.16 Å². The van der Waals surface area contributed by atoms with Crippen LogP contribution in [0.2, 0.25) is 5.02 Å². The molecular weight excluding hydrogens is 280 g/mol. The summed E-state index contributed by atoms with van der Waals surface area (Å²) in [5, 5.41) is 10.0. The van der Waals surface area contributed by atoms with Crippen molar-refractivity contribution in [2.24, 2.45) is 5.73 Å². The third kappa shape index (κ3) is 3.49. The van der Waals surface area contributed by atoms with Gasteiger partial charge in [-0.1, -0.05) is 35.5 Å². The highest BCUT2D eigenvalue weighted by Crippen LogP contribution is 2.25. The fraction of sp³-hybridized carbons (Fsp3) is 0.385. The van der Waals surface area contributed by atoms with Gasteiger partial charge in [0.05, 0.1) is 6.54 Å². The molecule has 0 aliphatic heterocycles. The van der Waals surface area contributed by atoms with E-state index in [0.29, 0.717) is 12.6 Å². The van der Waals surface area contributed by atoms with Gasteiger partial charge in [0.25, 0.3) is 0 Å². The maximum atomic E-state index is 5.87. The van der Waals surface area contributed by atoms with Crippen molar-refractivity contribution in [2.45, 2.75) is 37.3 Å². The number of aromatic nitrogens is 3. The molecule has 0 saturated heterocycles. The van der Waals surface area contributed by atoms with Crippen LogP contribution >= 0.6 is 23.4 Å². The van der Waals surface area contributed by atoms with Gasteiger partial charge in [0, 0.05) is 16.8 Å². The van der Waals surface area contributed by atoms with Gasteiger partial charge >= 0.3 is 0 Å². The molecule has 0 bridgehead atoms. The number of thioether (sulfide) groups is 1. The monoisotopic (exact) mass is 296 g/mol. The van der Waals surface area contributed by atoms with Crippen LogP contribution < -0.4 is 5.73 Å². The maximum absolute atomic E-state index is 5.87. The zero-order valence-corrected chi connectivity index (χ0v) is 12.6. The third-order valence-electron chi connectivity index (χ3n) is 2.72. The number of hydrogen-bond donors (Lipinski definition) is 1. The van der Waals surface area contributed by atoms with Crippen molar-refractivity contribution in [1.82, 2.24) is 14.8 Å². The van der Waals surface area contributed by atoms with Crippen LogP contribution in [0.25, 0.3) is 0 Å². The summed E-state index contributed by atoms with van der Waals surface area (Å²) in [7, 11) is 0. The van der Waals surface area contributed by atoms with Crippen LogP contribution in [0.4, 0.5) is 0 Å². The molecule has 6 heteroatoms. The Bertz CT molecular complexity index is 536. The lowest BCUT2D eigenvalue weighted by Gasteiger charge is -2.12. The number of nitrogens with two attached hydrogens (primary N) is 1. The van der Waals surface area contributed by atoms with Crippen molar-refractivity contribution in [3.63, 3.8) is 0 Å². The molecular formula is C13H17ClN4S. The van der Waals surface area contributed by atoms with E-state index in [1.165, 1.54) is 5.56 Å². The summed E-state index contributed by atoms with van der Waals surface area (Å²) < 4.78 is 2.08. The van der Waals surface area contributed by atoms with E-state index in [2.05, 4.69) is 28.6 Å². The molecule has 1 aromatic heterocycles. The third-order valence-corrected chi connectivity index (χ3v) is 3.98. The average molecular weight is 297 g/mol. The first kappa shape index (κ1) is 14.4. The Balaban J connectivity index is 2.11. The summed E-state index contributed by atoms with van der Waals surface area (Å²) in [6.07, 6.45) is 0. The van der Waals surface area contributed by atoms with E-state index >= 15 is 0 Å². The van der Waals surface area contributed by atoms with Gasteiger partial charge in [0.1, 0.15) is 5.82 Å². The zero-order chi connectivity index (χ0) is 13.8. The molecule has 1 aromatic carbocycles. The van der Waals surface area contributed by atoms with Gasteiger partial charge in [-0.2, -0.15) is 0 Å². The Morgan fingerprint density at radius 2 is 1.95 bits per heavy atom. The molecule has 0 unspecified atom stereocenters. The zero-order valence-electron chi connectivity index (χ0n) is 11.0. The van der Waals surface area contributed by atoms with Crippen LogP contribution in [-0.4, -0.2) is 14.8 Å². The standard InChI is InChI=1S/C13H17ClN4S/c1-9(2)18-12(7-15)16-17-13(18)19-8-10-3-5-11(14)6-4-10/h3-6,9H,7-8,15H2,1-2H3. The fourth-order valence-electron chi connectivity index (χ4n) is 1.79. The minimum Gasteiger partial charge on any atom is -0.324 e. The molecule has 0 aliphatic rings. The first-order valence-electron chi connectivity index (χ1n) is 6.13. The topological polar surface area (TPSA) is 56.7 Å². The van der Waals surface area contributed by atoms with Crippen molar-refractivity contribution in [3.05, 3.63) is 40.7 Å². The van der Waals surface area contributed by atoms with E-state index in [0.717, 1.165) is 21.8 Å². The Morgan fingerprint density at radius 1 is 1.26 bits per heavy atom. The Labute approximate surface area is 122 Å². The maximum Gasteiger partial charge on any atom is 0.191 e. The van der Waals surface area contributed by atoms with Crippen molar-refractivity contribution in [2.75, 3.05) is 0 Å². The minimum absolute atomic E-state index is 0.307. The highest BCUT2D eigenvalue weighted by molar-refractivity contribution is 7.98. The Hall–Kier alpha value is -1.04. The molecule has 0 fully saturated rings. The molecule has 0 spiro atoms. The van der Waals surface area contributed by atoms with Gasteiger partial charge in [-0.05, 0) is 31.5 Å². The van der Waals surface area contributed by atoms with Crippen molar-refractivity contribution in [1.29, 1.82) is 0 Å². The molecule has 102 valence electrons. The molecule has 19 heavy (non-hydrogen) atoms. The van der Waals surface area contributed by atoms with E-state index in [4.69, 9.17) is 17.3 Å². The van der Waals surface area contributed by atoms with E-state index in [-0.39, 0.29) is 0 Å². The SMILES string of the molecule is CC(C)n1c(CN)nnc1SCc1ccc(Cl)cc1.